The van der Waals surface area contributed by atoms with E-state index in [0.29, 0.717) is 35.2 Å². The summed E-state index contributed by atoms with van der Waals surface area (Å²) in [7, 11) is 1.56. The van der Waals surface area contributed by atoms with Gasteiger partial charge in [-0.05, 0) is 35.9 Å². The van der Waals surface area contributed by atoms with Gasteiger partial charge in [0.15, 0.2) is 5.78 Å². The van der Waals surface area contributed by atoms with Crippen LogP contribution in [-0.2, 0) is 4.74 Å². The molecular weight excluding hydrogens is 372 g/mol. The van der Waals surface area contributed by atoms with E-state index >= 15 is 0 Å². The predicted octanol–water partition coefficient (Wildman–Crippen LogP) is 2.51. The van der Waals surface area contributed by atoms with Gasteiger partial charge in [-0.2, -0.15) is 0 Å². The molecule has 0 unspecified atom stereocenters. The third-order valence-corrected chi connectivity index (χ3v) is 4.33. The number of aromatic hydroxyl groups is 1. The lowest BCUT2D eigenvalue weighted by atomic mass is 10.1. The Bertz CT molecular complexity index is 1130. The number of fused-ring (bicyclic) bond motifs is 1. The summed E-state index contributed by atoms with van der Waals surface area (Å²) in [5.74, 6) is -1.18. The van der Waals surface area contributed by atoms with Crippen molar-refractivity contribution in [3.63, 3.8) is 0 Å². The number of methoxy groups -OCH3 is 1. The number of pyridine rings is 1. The minimum Gasteiger partial charge on any atom is -0.506 e. The summed E-state index contributed by atoms with van der Waals surface area (Å²) in [5, 5.41) is 13.5. The van der Waals surface area contributed by atoms with E-state index in [2.05, 4.69) is 10.3 Å². The number of ketones is 1. The van der Waals surface area contributed by atoms with E-state index in [4.69, 9.17) is 4.74 Å². The predicted molar refractivity (Wildman–Crippen MR) is 110 cm³/mol. The molecule has 0 aliphatic heterocycles. The van der Waals surface area contributed by atoms with Crippen LogP contribution in [0, 0.1) is 0 Å². The molecule has 0 saturated carbocycles. The number of para-hydroxylation sites is 1. The highest BCUT2D eigenvalue weighted by Gasteiger charge is 2.16. The highest BCUT2D eigenvalue weighted by Crippen LogP contribution is 2.25. The molecule has 0 fully saturated rings. The molecule has 3 N–H and O–H groups in total. The molecule has 0 aliphatic rings. The van der Waals surface area contributed by atoms with E-state index < -0.39 is 11.3 Å². The number of carbonyl (C=O) groups is 2. The first kappa shape index (κ1) is 20.0. The summed E-state index contributed by atoms with van der Waals surface area (Å²) < 4.78 is 4.88. The second-order valence-corrected chi connectivity index (χ2v) is 6.29. The van der Waals surface area contributed by atoms with E-state index in [1.54, 1.807) is 55.6 Å². The normalized spacial score (nSPS) is 11.1. The van der Waals surface area contributed by atoms with Crippen LogP contribution >= 0.6 is 0 Å². The number of carbonyl (C=O) groups excluding carboxylic acids is 2. The maximum Gasteiger partial charge on any atom is 0.263 e. The fourth-order valence-corrected chi connectivity index (χ4v) is 2.82. The lowest BCUT2D eigenvalue weighted by Gasteiger charge is -2.05. The lowest BCUT2D eigenvalue weighted by Crippen LogP contribution is -2.26. The summed E-state index contributed by atoms with van der Waals surface area (Å²) >= 11 is 0. The number of rotatable bonds is 7. The van der Waals surface area contributed by atoms with Crippen molar-refractivity contribution in [3.05, 3.63) is 81.7 Å². The van der Waals surface area contributed by atoms with Crippen molar-refractivity contribution in [1.82, 2.24) is 10.3 Å². The summed E-state index contributed by atoms with van der Waals surface area (Å²) in [5.41, 5.74) is 0.639. The Balaban J connectivity index is 1.77. The SMILES string of the molecule is COCCNC(=O)c1ccc(C=CC(=O)c2c(O)c3ccccc3[nH]c2=O)cc1. The lowest BCUT2D eigenvalue weighted by molar-refractivity contribution is 0.0936. The molecule has 0 bridgehead atoms. The summed E-state index contributed by atoms with van der Waals surface area (Å²) in [6.07, 6.45) is 2.73. The molecule has 7 heteroatoms. The first-order chi connectivity index (χ1) is 14.0. The molecule has 0 saturated heterocycles. The zero-order chi connectivity index (χ0) is 20.8. The maximum absolute atomic E-state index is 12.5. The van der Waals surface area contributed by atoms with Crippen LogP contribution < -0.4 is 10.9 Å². The van der Waals surface area contributed by atoms with Gasteiger partial charge in [0.05, 0.1) is 12.1 Å². The van der Waals surface area contributed by atoms with Gasteiger partial charge in [-0.25, -0.2) is 0 Å². The van der Waals surface area contributed by atoms with Gasteiger partial charge < -0.3 is 20.1 Å². The standard InChI is InChI=1S/C22H20N2O5/c1-29-13-12-23-21(27)15-9-6-14(7-10-15)8-11-18(25)19-20(26)16-4-2-3-5-17(16)24-22(19)28/h2-11H,12-13H2,1H3,(H,23,27)(H2,24,26,28). The maximum atomic E-state index is 12.5. The fraction of sp³-hybridized carbons (Fsp3) is 0.136. The van der Waals surface area contributed by atoms with Crippen LogP contribution in [0.5, 0.6) is 5.75 Å². The minimum atomic E-state index is -0.654. The third kappa shape index (κ3) is 4.59. The number of aromatic nitrogens is 1. The number of hydrogen-bond donors (Lipinski definition) is 3. The second-order valence-electron chi connectivity index (χ2n) is 6.29. The van der Waals surface area contributed by atoms with Gasteiger partial charge in [0, 0.05) is 24.6 Å². The fourth-order valence-electron chi connectivity index (χ4n) is 2.82. The zero-order valence-corrected chi connectivity index (χ0v) is 15.8. The van der Waals surface area contributed by atoms with Crippen LogP contribution in [0.25, 0.3) is 17.0 Å². The van der Waals surface area contributed by atoms with Crippen LogP contribution in [0.1, 0.15) is 26.3 Å². The van der Waals surface area contributed by atoms with E-state index in [1.165, 1.54) is 12.2 Å². The number of H-pyrrole nitrogens is 1. The molecule has 0 spiro atoms. The average Bonchev–Trinajstić information content (AvgIpc) is 2.72. The molecule has 3 rings (SSSR count). The van der Waals surface area contributed by atoms with Crippen molar-refractivity contribution < 1.29 is 19.4 Å². The van der Waals surface area contributed by atoms with Crippen molar-refractivity contribution in [1.29, 1.82) is 0 Å². The van der Waals surface area contributed by atoms with E-state index in [-0.39, 0.29) is 17.2 Å². The van der Waals surface area contributed by atoms with Gasteiger partial charge in [-0.15, -0.1) is 0 Å². The molecular formula is C22H20N2O5. The molecule has 0 radical (unpaired) electrons. The highest BCUT2D eigenvalue weighted by atomic mass is 16.5. The molecule has 0 atom stereocenters. The van der Waals surface area contributed by atoms with E-state index in [0.717, 1.165) is 0 Å². The van der Waals surface area contributed by atoms with Crippen molar-refractivity contribution in [2.24, 2.45) is 0 Å². The van der Waals surface area contributed by atoms with Gasteiger partial charge in [-0.3, -0.25) is 14.4 Å². The Labute approximate surface area is 166 Å². The number of allylic oxidation sites excluding steroid dienone is 1. The second kappa shape index (κ2) is 8.99. The Morgan fingerprint density at radius 3 is 2.59 bits per heavy atom. The quantitative estimate of drug-likeness (QED) is 0.325. The van der Waals surface area contributed by atoms with Crippen LogP contribution in [0.4, 0.5) is 0 Å². The monoisotopic (exact) mass is 392 g/mol. The van der Waals surface area contributed by atoms with Crippen molar-refractivity contribution in [2.45, 2.75) is 0 Å². The number of hydrogen-bond acceptors (Lipinski definition) is 5. The minimum absolute atomic E-state index is 0.221. The average molecular weight is 392 g/mol. The number of amides is 1. The molecule has 148 valence electrons. The molecule has 3 aromatic rings. The van der Waals surface area contributed by atoms with Gasteiger partial charge in [0.2, 0.25) is 0 Å². The Hall–Kier alpha value is -3.71. The summed E-state index contributed by atoms with van der Waals surface area (Å²) in [6.45, 7) is 0.838. The Morgan fingerprint density at radius 1 is 1.14 bits per heavy atom. The highest BCUT2D eigenvalue weighted by molar-refractivity contribution is 6.11. The summed E-state index contributed by atoms with van der Waals surface area (Å²) in [6, 6.07) is 13.3. The van der Waals surface area contributed by atoms with Crippen LogP contribution in [0.3, 0.4) is 0 Å². The van der Waals surface area contributed by atoms with Crippen molar-refractivity contribution in [3.8, 4) is 5.75 Å². The molecule has 29 heavy (non-hydrogen) atoms. The van der Waals surface area contributed by atoms with Crippen LogP contribution in [-0.4, -0.2) is 42.0 Å². The molecule has 0 aliphatic carbocycles. The number of ether oxygens (including phenoxy) is 1. The van der Waals surface area contributed by atoms with Crippen molar-refractivity contribution >= 4 is 28.7 Å². The van der Waals surface area contributed by atoms with Gasteiger partial charge in [0.25, 0.3) is 11.5 Å². The summed E-state index contributed by atoms with van der Waals surface area (Å²) in [4.78, 5) is 39.2. The van der Waals surface area contributed by atoms with Crippen LogP contribution in [0.15, 0.2) is 59.4 Å². The first-order valence-electron chi connectivity index (χ1n) is 8.95. The van der Waals surface area contributed by atoms with Gasteiger partial charge in [-0.1, -0.05) is 30.3 Å². The van der Waals surface area contributed by atoms with Gasteiger partial charge in [0.1, 0.15) is 11.3 Å². The molecule has 7 nitrogen and oxygen atoms in total. The number of benzene rings is 2. The topological polar surface area (TPSA) is 108 Å². The molecule has 1 aromatic heterocycles. The van der Waals surface area contributed by atoms with Gasteiger partial charge >= 0.3 is 0 Å². The van der Waals surface area contributed by atoms with Crippen molar-refractivity contribution in [2.75, 3.05) is 20.3 Å². The largest absolute Gasteiger partial charge is 0.506 e. The molecule has 1 heterocycles. The molecule has 1 amide bonds. The Kier molecular flexibility index (Phi) is 6.21. The number of aromatic amines is 1. The first-order valence-corrected chi connectivity index (χ1v) is 8.95. The van der Waals surface area contributed by atoms with E-state index in [1.807, 2.05) is 0 Å². The molecule has 2 aromatic carbocycles. The number of nitrogens with one attached hydrogen (secondary N) is 2. The van der Waals surface area contributed by atoms with Crippen LogP contribution in [0.2, 0.25) is 0 Å². The Morgan fingerprint density at radius 2 is 1.86 bits per heavy atom. The zero-order valence-electron chi connectivity index (χ0n) is 15.8. The third-order valence-electron chi connectivity index (χ3n) is 4.33. The van der Waals surface area contributed by atoms with E-state index in [9.17, 15) is 19.5 Å². The smallest absolute Gasteiger partial charge is 0.263 e.